The molecule has 1 aromatic heterocycles. The van der Waals surface area contributed by atoms with Crippen molar-refractivity contribution in [3.05, 3.63) is 67.9 Å². The Labute approximate surface area is 249 Å². The van der Waals surface area contributed by atoms with Crippen molar-refractivity contribution in [3.8, 4) is 0 Å². The number of hydrogen-bond acceptors (Lipinski definition) is 7. The van der Waals surface area contributed by atoms with Crippen LogP contribution in [-0.2, 0) is 11.3 Å². The molecule has 1 aromatic carbocycles. The van der Waals surface area contributed by atoms with Gasteiger partial charge in [0, 0.05) is 49.4 Å². The standard InChI is InChI=1S/C30H37BrN6O2S/c1-7-14-30(33-8-2)15-13-21(17-34-30)25(32-4)26-24(19(3)16-20-11-9-10-12-22(20)31)27-23(18-39-26)35-28(40-27)36-29(38)37(5)6/h9-13,16-17,33H,7-8,14-15,18H2,1-6H3,(H,35,36,38)/b19-16-,32-25?. The molecular formula is C30H37BrN6O2S. The molecule has 1 atom stereocenters. The number of carbonyl (C=O) groups excluding carboxylic acids is 1. The second-order valence-electron chi connectivity index (χ2n) is 9.97. The van der Waals surface area contributed by atoms with Gasteiger partial charge in [0.2, 0.25) is 0 Å². The van der Waals surface area contributed by atoms with E-state index in [0.717, 1.165) is 68.8 Å². The number of aliphatic imine (C=N–C) groups is 2. The Bertz CT molecular complexity index is 1410. The van der Waals surface area contributed by atoms with E-state index in [2.05, 4.69) is 65.6 Å². The number of dihydropyridines is 1. The second kappa shape index (κ2) is 13.1. The van der Waals surface area contributed by atoms with Crippen LogP contribution in [0.4, 0.5) is 9.93 Å². The van der Waals surface area contributed by atoms with E-state index in [1.165, 1.54) is 16.2 Å². The number of allylic oxidation sites excluding steroid dienone is 3. The number of benzene rings is 1. The van der Waals surface area contributed by atoms with E-state index in [1.807, 2.05) is 24.4 Å². The summed E-state index contributed by atoms with van der Waals surface area (Å²) in [5.41, 5.74) is 5.14. The molecule has 4 rings (SSSR count). The summed E-state index contributed by atoms with van der Waals surface area (Å²) >= 11 is 5.12. The highest BCUT2D eigenvalue weighted by Gasteiger charge is 2.33. The van der Waals surface area contributed by atoms with Crippen LogP contribution in [0, 0.1) is 0 Å². The first-order valence-electron chi connectivity index (χ1n) is 13.5. The molecule has 212 valence electrons. The Balaban J connectivity index is 1.82. The first kappa shape index (κ1) is 29.9. The van der Waals surface area contributed by atoms with E-state index < -0.39 is 0 Å². The average molecular weight is 626 g/mol. The molecule has 2 N–H and O–H groups in total. The first-order chi connectivity index (χ1) is 19.2. The number of fused-ring (bicyclic) bond motifs is 1. The Morgan fingerprint density at radius 2 is 2.08 bits per heavy atom. The molecule has 0 fully saturated rings. The normalized spacial score (nSPS) is 19.2. The van der Waals surface area contributed by atoms with Crippen LogP contribution in [0.2, 0.25) is 0 Å². The zero-order valence-electron chi connectivity index (χ0n) is 24.0. The predicted molar refractivity (Wildman–Crippen MR) is 170 cm³/mol. The van der Waals surface area contributed by atoms with E-state index in [1.54, 1.807) is 21.1 Å². The van der Waals surface area contributed by atoms with Crippen LogP contribution in [0.1, 0.15) is 56.2 Å². The maximum Gasteiger partial charge on any atom is 0.323 e. The van der Waals surface area contributed by atoms with Gasteiger partial charge in [-0.05, 0) is 37.1 Å². The minimum absolute atomic E-state index is 0.228. The number of rotatable bonds is 9. The number of carbonyl (C=O) groups is 1. The van der Waals surface area contributed by atoms with E-state index in [0.29, 0.717) is 10.9 Å². The molecule has 3 heterocycles. The third-order valence-corrected chi connectivity index (χ3v) is 8.54. The summed E-state index contributed by atoms with van der Waals surface area (Å²) in [4.78, 5) is 29.2. The average Bonchev–Trinajstić information content (AvgIpc) is 3.34. The van der Waals surface area contributed by atoms with Crippen molar-refractivity contribution < 1.29 is 9.53 Å². The maximum absolute atomic E-state index is 12.4. The summed E-state index contributed by atoms with van der Waals surface area (Å²) in [5.74, 6) is 0.689. The van der Waals surface area contributed by atoms with Gasteiger partial charge in [-0.1, -0.05) is 77.9 Å². The van der Waals surface area contributed by atoms with E-state index >= 15 is 0 Å². The lowest BCUT2D eigenvalue weighted by molar-refractivity contribution is 0.211. The van der Waals surface area contributed by atoms with Crippen molar-refractivity contribution in [3.63, 3.8) is 0 Å². The van der Waals surface area contributed by atoms with Crippen molar-refractivity contribution in [1.29, 1.82) is 0 Å². The topological polar surface area (TPSA) is 91.2 Å². The van der Waals surface area contributed by atoms with Gasteiger partial charge in [0.15, 0.2) is 10.9 Å². The fourth-order valence-electron chi connectivity index (χ4n) is 4.87. The highest BCUT2D eigenvalue weighted by Crippen LogP contribution is 2.42. The maximum atomic E-state index is 12.4. The number of thiazole rings is 1. The zero-order chi connectivity index (χ0) is 28.9. The SMILES string of the molecule is CCCC1(NCC)CC=C(C(=NC)C2=C(/C(C)=C\c3ccccc3Br)c3sc(NC(=O)N(C)C)nc3CO2)C=N1. The predicted octanol–water partition coefficient (Wildman–Crippen LogP) is 6.92. The van der Waals surface area contributed by atoms with Gasteiger partial charge in [-0.2, -0.15) is 0 Å². The van der Waals surface area contributed by atoms with Gasteiger partial charge in [-0.15, -0.1) is 0 Å². The van der Waals surface area contributed by atoms with E-state index in [4.69, 9.17) is 19.7 Å². The lowest BCUT2D eigenvalue weighted by Gasteiger charge is -2.32. The Morgan fingerprint density at radius 3 is 2.70 bits per heavy atom. The lowest BCUT2D eigenvalue weighted by atomic mass is 9.91. The number of halogens is 1. The van der Waals surface area contributed by atoms with Crippen molar-refractivity contribution in [1.82, 2.24) is 15.2 Å². The van der Waals surface area contributed by atoms with Gasteiger partial charge in [-0.3, -0.25) is 20.6 Å². The molecule has 2 aromatic rings. The molecule has 1 unspecified atom stereocenters. The number of amides is 2. The van der Waals surface area contributed by atoms with Crippen LogP contribution in [0.15, 0.2) is 61.7 Å². The van der Waals surface area contributed by atoms with Crippen molar-refractivity contribution in [2.24, 2.45) is 9.98 Å². The van der Waals surface area contributed by atoms with Crippen molar-refractivity contribution in [2.45, 2.75) is 52.3 Å². The fraction of sp³-hybridized carbons (Fsp3) is 0.400. The molecular weight excluding hydrogens is 588 g/mol. The molecule has 0 aliphatic carbocycles. The number of nitrogens with one attached hydrogen (secondary N) is 2. The van der Waals surface area contributed by atoms with Crippen LogP contribution in [-0.4, -0.2) is 61.2 Å². The molecule has 0 saturated carbocycles. The highest BCUT2D eigenvalue weighted by molar-refractivity contribution is 9.10. The molecule has 0 bridgehead atoms. The monoisotopic (exact) mass is 624 g/mol. The van der Waals surface area contributed by atoms with Crippen LogP contribution < -0.4 is 10.6 Å². The van der Waals surface area contributed by atoms with Gasteiger partial charge in [0.25, 0.3) is 0 Å². The van der Waals surface area contributed by atoms with Crippen molar-refractivity contribution >= 4 is 62.0 Å². The van der Waals surface area contributed by atoms with Crippen LogP contribution >= 0.6 is 27.3 Å². The van der Waals surface area contributed by atoms with E-state index in [-0.39, 0.29) is 18.3 Å². The number of urea groups is 1. The largest absolute Gasteiger partial charge is 0.484 e. The first-order valence-corrected chi connectivity index (χ1v) is 15.1. The minimum Gasteiger partial charge on any atom is -0.484 e. The molecule has 2 aliphatic heterocycles. The summed E-state index contributed by atoms with van der Waals surface area (Å²) < 4.78 is 7.42. The Hall–Kier alpha value is -3.08. The number of aromatic nitrogens is 1. The van der Waals surface area contributed by atoms with Crippen LogP contribution in [0.25, 0.3) is 11.6 Å². The van der Waals surface area contributed by atoms with Gasteiger partial charge in [0.1, 0.15) is 18.0 Å². The second-order valence-corrected chi connectivity index (χ2v) is 11.8. The number of nitrogens with zero attached hydrogens (tertiary/aromatic N) is 4. The Kier molecular flexibility index (Phi) is 9.76. The molecule has 0 radical (unpaired) electrons. The van der Waals surface area contributed by atoms with Gasteiger partial charge >= 0.3 is 6.03 Å². The molecule has 2 amide bonds. The van der Waals surface area contributed by atoms with Gasteiger partial charge in [0.05, 0.1) is 10.6 Å². The summed E-state index contributed by atoms with van der Waals surface area (Å²) in [6.45, 7) is 7.50. The molecule has 10 heteroatoms. The van der Waals surface area contributed by atoms with Gasteiger partial charge in [-0.25, -0.2) is 9.78 Å². The quantitative estimate of drug-likeness (QED) is 0.296. The molecule has 2 aliphatic rings. The third-order valence-electron chi connectivity index (χ3n) is 6.79. The van der Waals surface area contributed by atoms with Crippen molar-refractivity contribution in [2.75, 3.05) is 33.0 Å². The Morgan fingerprint density at radius 1 is 1.30 bits per heavy atom. The summed E-state index contributed by atoms with van der Waals surface area (Å²) in [6.07, 6.45) is 9.05. The molecule has 8 nitrogen and oxygen atoms in total. The number of anilines is 1. The smallest absolute Gasteiger partial charge is 0.323 e. The summed E-state index contributed by atoms with van der Waals surface area (Å²) in [6, 6.07) is 7.86. The zero-order valence-corrected chi connectivity index (χ0v) is 26.4. The molecule has 0 spiro atoms. The molecule has 0 saturated heterocycles. The van der Waals surface area contributed by atoms with Crippen LogP contribution in [0.5, 0.6) is 0 Å². The van der Waals surface area contributed by atoms with Gasteiger partial charge < -0.3 is 9.64 Å². The summed E-state index contributed by atoms with van der Waals surface area (Å²) in [7, 11) is 5.19. The lowest BCUT2D eigenvalue weighted by Crippen LogP contribution is -2.44. The number of ether oxygens (including phenoxy) is 1. The highest BCUT2D eigenvalue weighted by atomic mass is 79.9. The number of hydrogen-bond donors (Lipinski definition) is 2. The van der Waals surface area contributed by atoms with Crippen LogP contribution in [0.3, 0.4) is 0 Å². The fourth-order valence-corrected chi connectivity index (χ4v) is 6.34. The minimum atomic E-state index is -0.281. The third kappa shape index (κ3) is 6.45. The van der Waals surface area contributed by atoms with E-state index in [9.17, 15) is 4.79 Å². The molecule has 40 heavy (non-hydrogen) atoms. The summed E-state index contributed by atoms with van der Waals surface area (Å²) in [5, 5.41) is 6.99.